The van der Waals surface area contributed by atoms with E-state index in [4.69, 9.17) is 0 Å². The first-order chi connectivity index (χ1) is 8.65. The Morgan fingerprint density at radius 3 is 2.44 bits per heavy atom. The lowest BCUT2D eigenvalue weighted by Crippen LogP contribution is -2.54. The lowest BCUT2D eigenvalue weighted by atomic mass is 10.0. The molecule has 0 aromatic heterocycles. The van der Waals surface area contributed by atoms with Crippen molar-refractivity contribution < 1.29 is 9.59 Å². The van der Waals surface area contributed by atoms with Gasteiger partial charge in [0.2, 0.25) is 5.91 Å². The molecule has 1 saturated heterocycles. The minimum atomic E-state index is -0.528. The second kappa shape index (κ2) is 4.39. The molecular formula is C13H13BrN2O2. The van der Waals surface area contributed by atoms with Gasteiger partial charge in [0, 0.05) is 10.5 Å². The molecule has 4 nitrogen and oxygen atoms in total. The van der Waals surface area contributed by atoms with Crippen molar-refractivity contribution in [3.8, 4) is 0 Å². The van der Waals surface area contributed by atoms with E-state index in [1.54, 1.807) is 4.90 Å². The lowest BCUT2D eigenvalue weighted by Gasteiger charge is -2.32. The Hall–Kier alpha value is -1.36. The molecule has 1 aromatic carbocycles. The Balaban J connectivity index is 1.87. The fourth-order valence-corrected chi connectivity index (χ4v) is 2.51. The summed E-state index contributed by atoms with van der Waals surface area (Å²) in [6.45, 7) is 0.205. The van der Waals surface area contributed by atoms with Gasteiger partial charge in [-0.3, -0.25) is 9.59 Å². The van der Waals surface area contributed by atoms with Gasteiger partial charge in [-0.15, -0.1) is 0 Å². The lowest BCUT2D eigenvalue weighted by molar-refractivity contribution is -0.145. The highest BCUT2D eigenvalue weighted by Crippen LogP contribution is 2.31. The number of nitrogens with zero attached hydrogens (tertiary/aromatic N) is 1. The predicted molar refractivity (Wildman–Crippen MR) is 69.8 cm³/mol. The van der Waals surface area contributed by atoms with Crippen LogP contribution in [0, 0.1) is 0 Å². The van der Waals surface area contributed by atoms with E-state index < -0.39 is 6.04 Å². The Morgan fingerprint density at radius 1 is 1.17 bits per heavy atom. The molecule has 1 saturated carbocycles. The Bertz CT molecular complexity index is 496. The van der Waals surface area contributed by atoms with Crippen molar-refractivity contribution in [2.24, 2.45) is 0 Å². The number of halogens is 1. The molecule has 94 valence electrons. The largest absolute Gasteiger partial charge is 0.339 e. The molecule has 0 unspecified atom stereocenters. The van der Waals surface area contributed by atoms with E-state index in [9.17, 15) is 9.59 Å². The molecule has 2 aliphatic rings. The van der Waals surface area contributed by atoms with E-state index >= 15 is 0 Å². The molecule has 1 heterocycles. The number of piperazine rings is 1. The highest BCUT2D eigenvalue weighted by atomic mass is 79.9. The van der Waals surface area contributed by atoms with Crippen LogP contribution in [0.3, 0.4) is 0 Å². The number of benzene rings is 1. The van der Waals surface area contributed by atoms with E-state index in [0.29, 0.717) is 0 Å². The number of carbonyl (C=O) groups excluding carboxylic acids is 2. The molecule has 18 heavy (non-hydrogen) atoms. The number of hydrogen-bond acceptors (Lipinski definition) is 2. The van der Waals surface area contributed by atoms with Crippen LogP contribution in [-0.4, -0.2) is 29.3 Å². The van der Waals surface area contributed by atoms with Crippen LogP contribution in [0.4, 0.5) is 0 Å². The summed E-state index contributed by atoms with van der Waals surface area (Å²) in [5.41, 5.74) is 0.835. The Labute approximate surface area is 113 Å². The van der Waals surface area contributed by atoms with Crippen LogP contribution in [0.15, 0.2) is 28.7 Å². The maximum Gasteiger partial charge on any atom is 0.250 e. The van der Waals surface area contributed by atoms with Gasteiger partial charge < -0.3 is 10.2 Å². The van der Waals surface area contributed by atoms with Gasteiger partial charge in [-0.05, 0) is 30.5 Å². The van der Waals surface area contributed by atoms with Crippen LogP contribution in [-0.2, 0) is 9.59 Å². The first-order valence-corrected chi connectivity index (χ1v) is 6.80. The average molecular weight is 309 g/mol. The van der Waals surface area contributed by atoms with Gasteiger partial charge in [-0.2, -0.15) is 0 Å². The molecule has 2 fully saturated rings. The summed E-state index contributed by atoms with van der Waals surface area (Å²) in [6, 6.07) is 7.24. The van der Waals surface area contributed by atoms with E-state index in [2.05, 4.69) is 21.2 Å². The molecular weight excluding hydrogens is 296 g/mol. The monoisotopic (exact) mass is 308 g/mol. The van der Waals surface area contributed by atoms with Crippen LogP contribution in [0.1, 0.15) is 24.4 Å². The normalized spacial score (nSPS) is 24.1. The molecule has 1 aliphatic heterocycles. The highest BCUT2D eigenvalue weighted by molar-refractivity contribution is 9.10. The first kappa shape index (κ1) is 11.7. The number of hydrogen-bond donors (Lipinski definition) is 1. The van der Waals surface area contributed by atoms with E-state index in [-0.39, 0.29) is 24.4 Å². The van der Waals surface area contributed by atoms with Crippen LogP contribution in [0.5, 0.6) is 0 Å². The quantitative estimate of drug-likeness (QED) is 0.902. The SMILES string of the molecule is O=C1CN(C2CC2)C(=O)[C@H](c2ccc(Br)cc2)N1. The van der Waals surface area contributed by atoms with Gasteiger partial charge in [0.1, 0.15) is 6.04 Å². The first-order valence-electron chi connectivity index (χ1n) is 6.00. The van der Waals surface area contributed by atoms with Crippen molar-refractivity contribution in [1.29, 1.82) is 0 Å². The molecule has 0 radical (unpaired) electrons. The van der Waals surface area contributed by atoms with Crippen molar-refractivity contribution >= 4 is 27.7 Å². The summed E-state index contributed by atoms with van der Waals surface area (Å²) in [5.74, 6) is -0.0613. The average Bonchev–Trinajstić information content (AvgIpc) is 3.17. The summed E-state index contributed by atoms with van der Waals surface area (Å²) in [4.78, 5) is 25.7. The van der Waals surface area contributed by atoms with Gasteiger partial charge in [-0.1, -0.05) is 28.1 Å². The zero-order valence-corrected chi connectivity index (χ0v) is 11.3. The molecule has 1 aromatic rings. The van der Waals surface area contributed by atoms with Crippen LogP contribution in [0.2, 0.25) is 0 Å². The molecule has 0 bridgehead atoms. The maximum atomic E-state index is 12.3. The third-order valence-electron chi connectivity index (χ3n) is 3.34. The highest BCUT2D eigenvalue weighted by Gasteiger charge is 2.41. The number of amides is 2. The van der Waals surface area contributed by atoms with E-state index in [1.807, 2.05) is 24.3 Å². The summed E-state index contributed by atoms with van der Waals surface area (Å²) in [7, 11) is 0. The summed E-state index contributed by atoms with van der Waals surface area (Å²) in [5, 5.41) is 2.77. The third kappa shape index (κ3) is 2.14. The van der Waals surface area contributed by atoms with Crippen LogP contribution >= 0.6 is 15.9 Å². The molecule has 2 amide bonds. The van der Waals surface area contributed by atoms with E-state index in [1.165, 1.54) is 0 Å². The van der Waals surface area contributed by atoms with Crippen molar-refractivity contribution in [2.75, 3.05) is 6.54 Å². The Kier molecular flexibility index (Phi) is 2.86. The molecule has 3 rings (SSSR count). The molecule has 1 aliphatic carbocycles. The summed E-state index contributed by atoms with van der Waals surface area (Å²) >= 11 is 3.36. The second-order valence-corrected chi connectivity index (χ2v) is 5.67. The van der Waals surface area contributed by atoms with Gasteiger partial charge in [0.25, 0.3) is 5.91 Å². The molecule has 0 spiro atoms. The predicted octanol–water partition coefficient (Wildman–Crippen LogP) is 1.61. The van der Waals surface area contributed by atoms with Gasteiger partial charge in [0.05, 0.1) is 6.54 Å². The van der Waals surface area contributed by atoms with Crippen molar-refractivity contribution in [1.82, 2.24) is 10.2 Å². The van der Waals surface area contributed by atoms with Crippen LogP contribution < -0.4 is 5.32 Å². The van der Waals surface area contributed by atoms with Crippen LogP contribution in [0.25, 0.3) is 0 Å². The standard InChI is InChI=1S/C13H13BrN2O2/c14-9-3-1-8(2-4-9)12-13(18)16(10-5-6-10)7-11(17)15-12/h1-4,10,12H,5-7H2,(H,15,17)/t12-/m0/s1. The van der Waals surface area contributed by atoms with Crippen molar-refractivity contribution in [2.45, 2.75) is 24.9 Å². The third-order valence-corrected chi connectivity index (χ3v) is 3.87. The molecule has 1 atom stereocenters. The fraction of sp³-hybridized carbons (Fsp3) is 0.385. The summed E-state index contributed by atoms with van der Waals surface area (Å²) < 4.78 is 0.958. The summed E-state index contributed by atoms with van der Waals surface area (Å²) in [6.07, 6.45) is 2.04. The molecule has 1 N–H and O–H groups in total. The van der Waals surface area contributed by atoms with Gasteiger partial charge >= 0.3 is 0 Å². The van der Waals surface area contributed by atoms with Gasteiger partial charge in [-0.25, -0.2) is 0 Å². The van der Waals surface area contributed by atoms with Crippen molar-refractivity contribution in [3.05, 3.63) is 34.3 Å². The van der Waals surface area contributed by atoms with E-state index in [0.717, 1.165) is 22.9 Å². The van der Waals surface area contributed by atoms with Gasteiger partial charge in [0.15, 0.2) is 0 Å². The minimum Gasteiger partial charge on any atom is -0.339 e. The molecule has 5 heteroatoms. The zero-order valence-electron chi connectivity index (χ0n) is 9.73. The second-order valence-electron chi connectivity index (χ2n) is 4.75. The smallest absolute Gasteiger partial charge is 0.250 e. The fourth-order valence-electron chi connectivity index (χ4n) is 2.24. The maximum absolute atomic E-state index is 12.3. The Morgan fingerprint density at radius 2 is 1.83 bits per heavy atom. The number of nitrogens with one attached hydrogen (secondary N) is 1. The number of carbonyl (C=O) groups is 2. The topological polar surface area (TPSA) is 49.4 Å². The zero-order chi connectivity index (χ0) is 12.7. The number of rotatable bonds is 2. The minimum absolute atomic E-state index is 0.0134. The van der Waals surface area contributed by atoms with Crippen molar-refractivity contribution in [3.63, 3.8) is 0 Å².